The number of benzene rings is 2. The van der Waals surface area contributed by atoms with Gasteiger partial charge in [0.2, 0.25) is 5.91 Å². The molecule has 0 saturated carbocycles. The zero-order valence-corrected chi connectivity index (χ0v) is 13.6. The van der Waals surface area contributed by atoms with E-state index in [-0.39, 0.29) is 5.91 Å². The van der Waals surface area contributed by atoms with Crippen LogP contribution in [0, 0.1) is 13.8 Å². The van der Waals surface area contributed by atoms with Crippen LogP contribution in [0.15, 0.2) is 36.4 Å². The number of halogens is 2. The van der Waals surface area contributed by atoms with E-state index in [0.717, 1.165) is 16.8 Å². The van der Waals surface area contributed by atoms with Crippen molar-refractivity contribution in [1.82, 2.24) is 0 Å². The molecule has 0 spiro atoms. The predicted molar refractivity (Wildman–Crippen MR) is 89.3 cm³/mol. The largest absolute Gasteiger partial charge is 0.326 e. The minimum atomic E-state index is -0.00988. The maximum Gasteiger partial charge on any atom is 0.224 e. The summed E-state index contributed by atoms with van der Waals surface area (Å²) in [6.07, 6.45) is 1.04. The minimum absolute atomic E-state index is 0.00988. The molecule has 0 saturated heterocycles. The molecule has 110 valence electrons. The van der Waals surface area contributed by atoms with Crippen molar-refractivity contribution in [1.29, 1.82) is 0 Å². The van der Waals surface area contributed by atoms with E-state index in [1.54, 1.807) is 12.1 Å². The number of carbonyl (C=O) groups excluding carboxylic acids is 1. The van der Waals surface area contributed by atoms with Gasteiger partial charge in [0.05, 0.1) is 10.0 Å². The third kappa shape index (κ3) is 4.48. The van der Waals surface area contributed by atoms with Gasteiger partial charge in [-0.25, -0.2) is 0 Å². The maximum absolute atomic E-state index is 12.0. The first kappa shape index (κ1) is 15.9. The molecule has 2 rings (SSSR count). The van der Waals surface area contributed by atoms with Crippen LogP contribution in [-0.2, 0) is 11.2 Å². The second-order valence-corrected chi connectivity index (χ2v) is 5.91. The standard InChI is InChI=1S/C17H17Cl2NO/c1-11-3-6-14(9-12(11)2)20-17(21)8-5-13-4-7-15(18)16(19)10-13/h3-4,6-7,9-10H,5,8H2,1-2H3,(H,20,21). The Bertz CT molecular complexity index is 668. The average molecular weight is 322 g/mol. The Morgan fingerprint density at radius 2 is 1.76 bits per heavy atom. The van der Waals surface area contributed by atoms with Crippen LogP contribution in [0.5, 0.6) is 0 Å². The van der Waals surface area contributed by atoms with Crippen LogP contribution in [0.1, 0.15) is 23.1 Å². The molecule has 0 bridgehead atoms. The van der Waals surface area contributed by atoms with Crippen molar-refractivity contribution < 1.29 is 4.79 Å². The van der Waals surface area contributed by atoms with Gasteiger partial charge in [0, 0.05) is 12.1 Å². The Balaban J connectivity index is 1.92. The number of anilines is 1. The van der Waals surface area contributed by atoms with Crippen LogP contribution in [0.25, 0.3) is 0 Å². The first-order valence-corrected chi connectivity index (χ1v) is 7.52. The molecule has 0 atom stereocenters. The molecule has 1 amide bonds. The van der Waals surface area contributed by atoms with Crippen molar-refractivity contribution >= 4 is 34.8 Å². The zero-order chi connectivity index (χ0) is 15.4. The average Bonchev–Trinajstić information content (AvgIpc) is 2.44. The molecule has 0 aromatic heterocycles. The molecular formula is C17H17Cl2NO. The molecule has 2 aromatic rings. The van der Waals surface area contributed by atoms with E-state index in [1.807, 2.05) is 38.1 Å². The zero-order valence-electron chi connectivity index (χ0n) is 12.0. The van der Waals surface area contributed by atoms with Crippen molar-refractivity contribution in [3.63, 3.8) is 0 Å². The number of hydrogen-bond acceptors (Lipinski definition) is 1. The van der Waals surface area contributed by atoms with Crippen LogP contribution in [0.3, 0.4) is 0 Å². The molecule has 2 aromatic carbocycles. The number of hydrogen-bond donors (Lipinski definition) is 1. The van der Waals surface area contributed by atoms with Crippen LogP contribution < -0.4 is 5.32 Å². The third-order valence-corrected chi connectivity index (χ3v) is 4.15. The highest BCUT2D eigenvalue weighted by molar-refractivity contribution is 6.42. The van der Waals surface area contributed by atoms with Crippen LogP contribution in [0.2, 0.25) is 10.0 Å². The van der Waals surface area contributed by atoms with E-state index in [2.05, 4.69) is 5.32 Å². The molecule has 0 aliphatic heterocycles. The van der Waals surface area contributed by atoms with E-state index in [0.29, 0.717) is 22.9 Å². The smallest absolute Gasteiger partial charge is 0.224 e. The summed E-state index contributed by atoms with van der Waals surface area (Å²) < 4.78 is 0. The summed E-state index contributed by atoms with van der Waals surface area (Å²) in [5.41, 5.74) is 4.21. The summed E-state index contributed by atoms with van der Waals surface area (Å²) >= 11 is 11.8. The second-order valence-electron chi connectivity index (χ2n) is 5.10. The highest BCUT2D eigenvalue weighted by Crippen LogP contribution is 2.23. The first-order valence-electron chi connectivity index (χ1n) is 6.77. The molecule has 0 fully saturated rings. The second kappa shape index (κ2) is 6.97. The normalized spacial score (nSPS) is 10.5. The third-order valence-electron chi connectivity index (χ3n) is 3.42. The predicted octanol–water partition coefficient (Wildman–Crippen LogP) is 5.18. The Morgan fingerprint density at radius 1 is 1.00 bits per heavy atom. The molecule has 1 N–H and O–H groups in total. The topological polar surface area (TPSA) is 29.1 Å². The van der Waals surface area contributed by atoms with Crippen LogP contribution in [-0.4, -0.2) is 5.91 Å². The van der Waals surface area contributed by atoms with Gasteiger partial charge < -0.3 is 5.32 Å². The van der Waals surface area contributed by atoms with Crippen LogP contribution in [0.4, 0.5) is 5.69 Å². The van der Waals surface area contributed by atoms with Crippen molar-refractivity contribution in [2.45, 2.75) is 26.7 Å². The Labute approximate surface area is 135 Å². The van der Waals surface area contributed by atoms with Crippen molar-refractivity contribution in [2.75, 3.05) is 5.32 Å². The molecule has 0 unspecified atom stereocenters. The quantitative estimate of drug-likeness (QED) is 0.825. The lowest BCUT2D eigenvalue weighted by Crippen LogP contribution is -2.12. The highest BCUT2D eigenvalue weighted by Gasteiger charge is 2.05. The Hall–Kier alpha value is -1.51. The lowest BCUT2D eigenvalue weighted by atomic mass is 10.1. The van der Waals surface area contributed by atoms with Gasteiger partial charge in [-0.2, -0.15) is 0 Å². The van der Waals surface area contributed by atoms with Gasteiger partial charge >= 0.3 is 0 Å². The molecule has 0 aliphatic carbocycles. The van der Waals surface area contributed by atoms with E-state index < -0.39 is 0 Å². The maximum atomic E-state index is 12.0. The monoisotopic (exact) mass is 321 g/mol. The van der Waals surface area contributed by atoms with E-state index >= 15 is 0 Å². The van der Waals surface area contributed by atoms with Crippen LogP contribution >= 0.6 is 23.2 Å². The van der Waals surface area contributed by atoms with E-state index in [1.165, 1.54) is 5.56 Å². The fourth-order valence-corrected chi connectivity index (χ4v) is 2.32. The molecule has 4 heteroatoms. The van der Waals surface area contributed by atoms with Gasteiger partial charge in [-0.1, -0.05) is 35.3 Å². The summed E-state index contributed by atoms with van der Waals surface area (Å²) in [6.45, 7) is 4.08. The van der Waals surface area contributed by atoms with Gasteiger partial charge in [-0.05, 0) is 61.2 Å². The van der Waals surface area contributed by atoms with Crippen molar-refractivity contribution in [3.05, 3.63) is 63.1 Å². The number of carbonyl (C=O) groups is 1. The first-order chi connectivity index (χ1) is 9.95. The lowest BCUT2D eigenvalue weighted by Gasteiger charge is -2.08. The Morgan fingerprint density at radius 3 is 2.43 bits per heavy atom. The van der Waals surface area contributed by atoms with Gasteiger partial charge in [0.25, 0.3) is 0 Å². The van der Waals surface area contributed by atoms with Gasteiger partial charge in [0.15, 0.2) is 0 Å². The lowest BCUT2D eigenvalue weighted by molar-refractivity contribution is -0.116. The molecule has 0 heterocycles. The van der Waals surface area contributed by atoms with Crippen molar-refractivity contribution in [3.8, 4) is 0 Å². The highest BCUT2D eigenvalue weighted by atomic mass is 35.5. The number of nitrogens with one attached hydrogen (secondary N) is 1. The summed E-state index contributed by atoms with van der Waals surface area (Å²) in [7, 11) is 0. The minimum Gasteiger partial charge on any atom is -0.326 e. The number of aryl methyl sites for hydroxylation is 3. The number of amides is 1. The van der Waals surface area contributed by atoms with Gasteiger partial charge in [-0.15, -0.1) is 0 Å². The fraction of sp³-hybridized carbons (Fsp3) is 0.235. The fourth-order valence-electron chi connectivity index (χ4n) is 2.00. The molecular weight excluding hydrogens is 305 g/mol. The van der Waals surface area contributed by atoms with Gasteiger partial charge in [0.1, 0.15) is 0 Å². The summed E-state index contributed by atoms with van der Waals surface area (Å²) in [5.74, 6) is -0.00988. The number of rotatable bonds is 4. The molecule has 0 radical (unpaired) electrons. The van der Waals surface area contributed by atoms with E-state index in [4.69, 9.17) is 23.2 Å². The summed E-state index contributed by atoms with van der Waals surface area (Å²) in [5, 5.41) is 3.95. The molecule has 0 aliphatic rings. The van der Waals surface area contributed by atoms with Crippen molar-refractivity contribution in [2.24, 2.45) is 0 Å². The molecule has 21 heavy (non-hydrogen) atoms. The van der Waals surface area contributed by atoms with E-state index in [9.17, 15) is 4.79 Å². The Kier molecular flexibility index (Phi) is 5.27. The summed E-state index contributed by atoms with van der Waals surface area (Å²) in [6, 6.07) is 11.3. The summed E-state index contributed by atoms with van der Waals surface area (Å²) in [4.78, 5) is 12.0. The SMILES string of the molecule is Cc1ccc(NC(=O)CCc2ccc(Cl)c(Cl)c2)cc1C. The molecule has 2 nitrogen and oxygen atoms in total. The van der Waals surface area contributed by atoms with Gasteiger partial charge in [-0.3, -0.25) is 4.79 Å².